The second kappa shape index (κ2) is 5.91. The summed E-state index contributed by atoms with van der Waals surface area (Å²) in [6, 6.07) is 0.460. The molecule has 4 heteroatoms. The molecular formula is C11H18ClN3. The third kappa shape index (κ3) is 3.06. The highest BCUT2D eigenvalue weighted by Gasteiger charge is 2.10. The molecule has 0 aliphatic rings. The number of nitrogens with zero attached hydrogens (tertiary/aromatic N) is 2. The van der Waals surface area contributed by atoms with E-state index in [2.05, 4.69) is 36.1 Å². The summed E-state index contributed by atoms with van der Waals surface area (Å²) < 4.78 is 0. The minimum absolute atomic E-state index is 0.460. The zero-order chi connectivity index (χ0) is 11.3. The number of halogens is 1. The van der Waals surface area contributed by atoms with Gasteiger partial charge in [-0.15, -0.1) is 0 Å². The van der Waals surface area contributed by atoms with Crippen molar-refractivity contribution in [3.63, 3.8) is 0 Å². The predicted octanol–water partition coefficient (Wildman–Crippen LogP) is 3.29. The van der Waals surface area contributed by atoms with Crippen molar-refractivity contribution >= 4 is 17.4 Å². The Kier molecular flexibility index (Phi) is 4.82. The molecule has 1 aromatic heterocycles. The molecule has 84 valence electrons. The Bertz CT molecular complexity index is 311. The van der Waals surface area contributed by atoms with Gasteiger partial charge in [0.05, 0.1) is 0 Å². The Hall–Kier alpha value is -0.830. The number of hydrogen-bond donors (Lipinski definition) is 1. The molecule has 0 aliphatic carbocycles. The van der Waals surface area contributed by atoms with E-state index in [1.807, 2.05) is 0 Å². The van der Waals surface area contributed by atoms with Crippen molar-refractivity contribution in [2.45, 2.75) is 46.1 Å². The number of nitrogens with one attached hydrogen (secondary N) is 1. The summed E-state index contributed by atoms with van der Waals surface area (Å²) in [4.78, 5) is 8.22. The van der Waals surface area contributed by atoms with Crippen LogP contribution in [-0.4, -0.2) is 16.0 Å². The first-order valence-electron chi connectivity index (χ1n) is 5.48. The van der Waals surface area contributed by atoms with Crippen LogP contribution >= 0.6 is 11.6 Å². The molecule has 3 nitrogen and oxygen atoms in total. The molecule has 0 bridgehead atoms. The van der Waals surface area contributed by atoms with E-state index in [4.69, 9.17) is 11.6 Å². The van der Waals surface area contributed by atoms with E-state index < -0.39 is 0 Å². The Morgan fingerprint density at radius 1 is 1.27 bits per heavy atom. The first kappa shape index (κ1) is 12.2. The fourth-order valence-corrected chi connectivity index (χ4v) is 1.78. The van der Waals surface area contributed by atoms with Crippen molar-refractivity contribution in [1.82, 2.24) is 9.97 Å². The van der Waals surface area contributed by atoms with E-state index in [1.165, 1.54) is 6.33 Å². The van der Waals surface area contributed by atoms with Gasteiger partial charge < -0.3 is 5.32 Å². The molecule has 0 atom stereocenters. The quantitative estimate of drug-likeness (QED) is 0.785. The van der Waals surface area contributed by atoms with Gasteiger partial charge >= 0.3 is 0 Å². The molecule has 0 amide bonds. The van der Waals surface area contributed by atoms with Crippen LogP contribution in [0.25, 0.3) is 0 Å². The second-order valence-corrected chi connectivity index (χ2v) is 3.86. The van der Waals surface area contributed by atoms with Crippen molar-refractivity contribution in [3.05, 3.63) is 17.0 Å². The first-order valence-corrected chi connectivity index (χ1v) is 5.86. The van der Waals surface area contributed by atoms with E-state index in [0.717, 1.165) is 30.6 Å². The van der Waals surface area contributed by atoms with Gasteiger partial charge in [0.25, 0.3) is 0 Å². The molecule has 1 rings (SSSR count). The van der Waals surface area contributed by atoms with Crippen molar-refractivity contribution in [3.8, 4) is 0 Å². The van der Waals surface area contributed by atoms with Crippen LogP contribution in [0.4, 0.5) is 5.82 Å². The summed E-state index contributed by atoms with van der Waals surface area (Å²) >= 11 is 6.01. The lowest BCUT2D eigenvalue weighted by Gasteiger charge is -2.17. The molecule has 1 N–H and O–H groups in total. The Labute approximate surface area is 96.3 Å². The molecule has 0 aliphatic heterocycles. The van der Waals surface area contributed by atoms with Crippen LogP contribution in [0.15, 0.2) is 6.33 Å². The van der Waals surface area contributed by atoms with E-state index >= 15 is 0 Å². The van der Waals surface area contributed by atoms with Gasteiger partial charge in [-0.2, -0.15) is 0 Å². The molecule has 1 aromatic rings. The van der Waals surface area contributed by atoms with Gasteiger partial charge in [0.1, 0.15) is 17.3 Å². The van der Waals surface area contributed by atoms with Crippen LogP contribution in [0.2, 0.25) is 5.15 Å². The summed E-state index contributed by atoms with van der Waals surface area (Å²) in [5, 5.41) is 3.96. The predicted molar refractivity (Wildman–Crippen MR) is 64.4 cm³/mol. The average molecular weight is 228 g/mol. The van der Waals surface area contributed by atoms with Gasteiger partial charge in [0.15, 0.2) is 0 Å². The minimum Gasteiger partial charge on any atom is -0.367 e. The lowest BCUT2D eigenvalue weighted by Crippen LogP contribution is -2.19. The molecule has 15 heavy (non-hydrogen) atoms. The van der Waals surface area contributed by atoms with Crippen molar-refractivity contribution in [1.29, 1.82) is 0 Å². The normalized spacial score (nSPS) is 10.7. The first-order chi connectivity index (χ1) is 7.22. The van der Waals surface area contributed by atoms with Gasteiger partial charge in [0, 0.05) is 11.6 Å². The summed E-state index contributed by atoms with van der Waals surface area (Å²) in [6.45, 7) is 6.38. The summed E-state index contributed by atoms with van der Waals surface area (Å²) in [6.07, 6.45) is 4.52. The highest BCUT2D eigenvalue weighted by atomic mass is 35.5. The summed E-state index contributed by atoms with van der Waals surface area (Å²) in [7, 11) is 0. The lowest BCUT2D eigenvalue weighted by molar-refractivity contribution is 0.666. The van der Waals surface area contributed by atoms with E-state index in [-0.39, 0.29) is 0 Å². The van der Waals surface area contributed by atoms with E-state index in [1.54, 1.807) is 0 Å². The SMILES string of the molecule is CCc1c(Cl)ncnc1NC(CC)CC. The Morgan fingerprint density at radius 3 is 2.47 bits per heavy atom. The molecule has 0 aromatic carbocycles. The molecule has 0 radical (unpaired) electrons. The van der Waals surface area contributed by atoms with Crippen molar-refractivity contribution < 1.29 is 0 Å². The van der Waals surface area contributed by atoms with Crippen LogP contribution in [0.3, 0.4) is 0 Å². The molecule has 0 fully saturated rings. The maximum absolute atomic E-state index is 6.01. The molecular weight excluding hydrogens is 210 g/mol. The third-order valence-electron chi connectivity index (χ3n) is 2.57. The molecule has 0 spiro atoms. The van der Waals surface area contributed by atoms with Gasteiger partial charge in [0.2, 0.25) is 0 Å². The highest BCUT2D eigenvalue weighted by molar-refractivity contribution is 6.30. The third-order valence-corrected chi connectivity index (χ3v) is 2.90. The number of hydrogen-bond acceptors (Lipinski definition) is 3. The van der Waals surface area contributed by atoms with E-state index in [9.17, 15) is 0 Å². The maximum atomic E-state index is 6.01. The Balaban J connectivity index is 2.88. The fraction of sp³-hybridized carbons (Fsp3) is 0.636. The van der Waals surface area contributed by atoms with Crippen LogP contribution in [0, 0.1) is 0 Å². The Morgan fingerprint density at radius 2 is 1.93 bits per heavy atom. The molecule has 0 saturated carbocycles. The van der Waals surface area contributed by atoms with Crippen LogP contribution in [0.5, 0.6) is 0 Å². The zero-order valence-electron chi connectivity index (χ0n) is 9.55. The topological polar surface area (TPSA) is 37.8 Å². The van der Waals surface area contributed by atoms with Gasteiger partial charge in [-0.25, -0.2) is 9.97 Å². The monoisotopic (exact) mass is 227 g/mol. The largest absolute Gasteiger partial charge is 0.367 e. The number of aromatic nitrogens is 2. The maximum Gasteiger partial charge on any atom is 0.137 e. The smallest absolute Gasteiger partial charge is 0.137 e. The van der Waals surface area contributed by atoms with Gasteiger partial charge in [-0.3, -0.25) is 0 Å². The standard InChI is InChI=1S/C11H18ClN3/c1-4-8(5-2)15-11-9(6-3)10(12)13-7-14-11/h7-8H,4-6H2,1-3H3,(H,13,14,15). The number of anilines is 1. The zero-order valence-corrected chi connectivity index (χ0v) is 10.3. The highest BCUT2D eigenvalue weighted by Crippen LogP contribution is 2.21. The molecule has 0 saturated heterocycles. The van der Waals surface area contributed by atoms with Crippen molar-refractivity contribution in [2.24, 2.45) is 0 Å². The van der Waals surface area contributed by atoms with E-state index in [0.29, 0.717) is 11.2 Å². The fourth-order valence-electron chi connectivity index (χ4n) is 1.51. The summed E-state index contributed by atoms with van der Waals surface area (Å²) in [5.74, 6) is 0.881. The van der Waals surface area contributed by atoms with Crippen LogP contribution < -0.4 is 5.32 Å². The molecule has 1 heterocycles. The molecule has 0 unspecified atom stereocenters. The second-order valence-electron chi connectivity index (χ2n) is 3.50. The van der Waals surface area contributed by atoms with Crippen LogP contribution in [-0.2, 0) is 6.42 Å². The minimum atomic E-state index is 0.460. The number of rotatable bonds is 5. The lowest BCUT2D eigenvalue weighted by atomic mass is 10.1. The van der Waals surface area contributed by atoms with Gasteiger partial charge in [-0.1, -0.05) is 32.4 Å². The van der Waals surface area contributed by atoms with Crippen molar-refractivity contribution in [2.75, 3.05) is 5.32 Å². The average Bonchev–Trinajstić information content (AvgIpc) is 2.26. The van der Waals surface area contributed by atoms with Crippen LogP contribution in [0.1, 0.15) is 39.2 Å². The van der Waals surface area contributed by atoms with Gasteiger partial charge in [-0.05, 0) is 19.3 Å². The summed E-state index contributed by atoms with van der Waals surface area (Å²) in [5.41, 5.74) is 1.01.